The number of aliphatic carboxylic acids is 1. The molecule has 0 bridgehead atoms. The minimum atomic E-state index is -0.999. The lowest BCUT2D eigenvalue weighted by Gasteiger charge is -2.28. The van der Waals surface area contributed by atoms with E-state index in [1.54, 1.807) is 0 Å². The highest BCUT2D eigenvalue weighted by Crippen LogP contribution is 2.26. The van der Waals surface area contributed by atoms with Gasteiger partial charge in [-0.1, -0.05) is 20.3 Å². The molecule has 18 heavy (non-hydrogen) atoms. The van der Waals surface area contributed by atoms with Gasteiger partial charge in [-0.15, -0.1) is 0 Å². The summed E-state index contributed by atoms with van der Waals surface area (Å²) in [6, 6.07) is 0.473. The molecular weight excluding hydrogens is 232 g/mol. The molecule has 1 aliphatic rings. The van der Waals surface area contributed by atoms with Gasteiger partial charge in [0.1, 0.15) is 6.54 Å². The molecule has 5 heteroatoms. The van der Waals surface area contributed by atoms with E-state index >= 15 is 0 Å². The summed E-state index contributed by atoms with van der Waals surface area (Å²) < 4.78 is 0. The Hall–Kier alpha value is -1.10. The van der Waals surface area contributed by atoms with Gasteiger partial charge in [-0.2, -0.15) is 0 Å². The quantitative estimate of drug-likeness (QED) is 0.715. The van der Waals surface area contributed by atoms with Crippen molar-refractivity contribution in [1.82, 2.24) is 10.2 Å². The minimum Gasteiger partial charge on any atom is -0.480 e. The zero-order chi connectivity index (χ0) is 13.5. The standard InChI is InChI=1S/C13H24N2O3/c1-3-5-10(2)11-6-4-7-15(11)9-12(16)14-8-13(17)18/h10-11H,3-9H2,1-2H3,(H,14,16)(H,17,18)/t10-,11-/m1/s1. The van der Waals surface area contributed by atoms with Crippen LogP contribution in [0, 0.1) is 5.92 Å². The van der Waals surface area contributed by atoms with Gasteiger partial charge < -0.3 is 10.4 Å². The van der Waals surface area contributed by atoms with Crippen LogP contribution in [0.2, 0.25) is 0 Å². The zero-order valence-electron chi connectivity index (χ0n) is 11.3. The molecule has 1 heterocycles. The monoisotopic (exact) mass is 256 g/mol. The van der Waals surface area contributed by atoms with Gasteiger partial charge in [-0.05, 0) is 31.7 Å². The number of hydrogen-bond acceptors (Lipinski definition) is 3. The van der Waals surface area contributed by atoms with E-state index in [9.17, 15) is 9.59 Å². The summed E-state index contributed by atoms with van der Waals surface area (Å²) in [4.78, 5) is 24.2. The SMILES string of the molecule is CCC[C@@H](C)[C@H]1CCCN1CC(=O)NCC(=O)O. The number of nitrogens with one attached hydrogen (secondary N) is 1. The summed E-state index contributed by atoms with van der Waals surface area (Å²) in [6.07, 6.45) is 4.62. The maximum Gasteiger partial charge on any atom is 0.322 e. The second kappa shape index (κ2) is 7.36. The van der Waals surface area contributed by atoms with Gasteiger partial charge >= 0.3 is 5.97 Å². The van der Waals surface area contributed by atoms with Gasteiger partial charge in [0.25, 0.3) is 0 Å². The molecule has 1 rings (SSSR count). The average molecular weight is 256 g/mol. The molecule has 0 aromatic rings. The van der Waals surface area contributed by atoms with Crippen LogP contribution < -0.4 is 5.32 Å². The lowest BCUT2D eigenvalue weighted by molar-refractivity contribution is -0.138. The molecule has 0 unspecified atom stereocenters. The molecule has 1 amide bonds. The number of carboxylic acids is 1. The smallest absolute Gasteiger partial charge is 0.322 e. The van der Waals surface area contributed by atoms with Gasteiger partial charge in [-0.3, -0.25) is 14.5 Å². The number of nitrogens with zero attached hydrogens (tertiary/aromatic N) is 1. The highest BCUT2D eigenvalue weighted by atomic mass is 16.4. The molecule has 2 N–H and O–H groups in total. The molecule has 2 atom stereocenters. The topological polar surface area (TPSA) is 69.6 Å². The number of amides is 1. The summed E-state index contributed by atoms with van der Waals surface area (Å²) >= 11 is 0. The Kier molecular flexibility index (Phi) is 6.12. The third-order valence-electron chi connectivity index (χ3n) is 3.60. The first-order valence-electron chi connectivity index (χ1n) is 6.77. The van der Waals surface area contributed by atoms with E-state index in [1.165, 1.54) is 6.42 Å². The van der Waals surface area contributed by atoms with E-state index in [-0.39, 0.29) is 12.5 Å². The first kappa shape index (κ1) is 15.0. The predicted octanol–water partition coefficient (Wildman–Crippen LogP) is 1.09. The lowest BCUT2D eigenvalue weighted by Crippen LogP contribution is -2.43. The van der Waals surface area contributed by atoms with Crippen LogP contribution in [0.1, 0.15) is 39.5 Å². The normalized spacial score (nSPS) is 21.8. The second-order valence-corrected chi connectivity index (χ2v) is 5.12. The maximum atomic E-state index is 11.6. The number of hydrogen-bond donors (Lipinski definition) is 2. The molecule has 104 valence electrons. The Morgan fingerprint density at radius 2 is 2.22 bits per heavy atom. The number of likely N-dealkylation sites (tertiary alicyclic amines) is 1. The largest absolute Gasteiger partial charge is 0.480 e. The molecule has 0 saturated carbocycles. The van der Waals surface area contributed by atoms with Crippen molar-refractivity contribution in [3.8, 4) is 0 Å². The lowest BCUT2D eigenvalue weighted by atomic mass is 9.95. The molecule has 1 saturated heterocycles. The van der Waals surface area contributed by atoms with Crippen molar-refractivity contribution in [3.05, 3.63) is 0 Å². The molecule has 0 spiro atoms. The van der Waals surface area contributed by atoms with Crippen molar-refractivity contribution in [3.63, 3.8) is 0 Å². The van der Waals surface area contributed by atoms with Crippen molar-refractivity contribution in [2.75, 3.05) is 19.6 Å². The Morgan fingerprint density at radius 1 is 1.50 bits per heavy atom. The van der Waals surface area contributed by atoms with Crippen LogP contribution in [0.15, 0.2) is 0 Å². The van der Waals surface area contributed by atoms with Crippen LogP contribution in [-0.2, 0) is 9.59 Å². The molecule has 0 aliphatic carbocycles. The zero-order valence-corrected chi connectivity index (χ0v) is 11.3. The van der Waals surface area contributed by atoms with Crippen molar-refractivity contribution in [2.45, 2.75) is 45.6 Å². The number of carboxylic acid groups (broad SMARTS) is 1. The van der Waals surface area contributed by atoms with Crippen LogP contribution in [0.5, 0.6) is 0 Å². The molecule has 1 fully saturated rings. The van der Waals surface area contributed by atoms with E-state index in [0.29, 0.717) is 18.5 Å². The van der Waals surface area contributed by atoms with E-state index in [2.05, 4.69) is 24.1 Å². The first-order chi connectivity index (χ1) is 8.54. The fourth-order valence-electron chi connectivity index (χ4n) is 2.75. The average Bonchev–Trinajstić information content (AvgIpc) is 2.75. The number of carbonyl (C=O) groups is 2. The van der Waals surface area contributed by atoms with Crippen LogP contribution in [0.3, 0.4) is 0 Å². The Labute approximate surface area is 109 Å². The molecular formula is C13H24N2O3. The number of rotatable bonds is 7. The Bertz CT molecular complexity index is 294. The fraction of sp³-hybridized carbons (Fsp3) is 0.846. The third kappa shape index (κ3) is 4.64. The van der Waals surface area contributed by atoms with E-state index in [0.717, 1.165) is 25.8 Å². The summed E-state index contributed by atoms with van der Waals surface area (Å²) in [5.74, 6) is -0.585. The first-order valence-corrected chi connectivity index (χ1v) is 6.77. The summed E-state index contributed by atoms with van der Waals surface area (Å²) in [5.41, 5.74) is 0. The van der Waals surface area contributed by atoms with Gasteiger partial charge in [0.15, 0.2) is 0 Å². The van der Waals surface area contributed by atoms with Crippen LogP contribution in [-0.4, -0.2) is 47.6 Å². The summed E-state index contributed by atoms with van der Waals surface area (Å²) in [6.45, 7) is 5.39. The van der Waals surface area contributed by atoms with Crippen LogP contribution in [0.25, 0.3) is 0 Å². The van der Waals surface area contributed by atoms with Crippen molar-refractivity contribution < 1.29 is 14.7 Å². The molecule has 0 radical (unpaired) electrons. The Morgan fingerprint density at radius 3 is 2.83 bits per heavy atom. The van der Waals surface area contributed by atoms with Crippen LogP contribution in [0.4, 0.5) is 0 Å². The minimum absolute atomic E-state index is 0.187. The van der Waals surface area contributed by atoms with Gasteiger partial charge in [-0.25, -0.2) is 0 Å². The van der Waals surface area contributed by atoms with E-state index in [4.69, 9.17) is 5.11 Å². The second-order valence-electron chi connectivity index (χ2n) is 5.12. The van der Waals surface area contributed by atoms with Gasteiger partial charge in [0.05, 0.1) is 6.54 Å². The molecule has 1 aliphatic heterocycles. The van der Waals surface area contributed by atoms with Crippen molar-refractivity contribution >= 4 is 11.9 Å². The highest BCUT2D eigenvalue weighted by molar-refractivity contribution is 5.82. The summed E-state index contributed by atoms with van der Waals surface area (Å²) in [7, 11) is 0. The molecule has 5 nitrogen and oxygen atoms in total. The van der Waals surface area contributed by atoms with Crippen LogP contribution >= 0.6 is 0 Å². The predicted molar refractivity (Wildman–Crippen MR) is 69.3 cm³/mol. The van der Waals surface area contributed by atoms with E-state index < -0.39 is 5.97 Å². The molecule has 0 aromatic carbocycles. The van der Waals surface area contributed by atoms with Crippen molar-refractivity contribution in [1.29, 1.82) is 0 Å². The van der Waals surface area contributed by atoms with Gasteiger partial charge in [0.2, 0.25) is 5.91 Å². The Balaban J connectivity index is 2.39. The fourth-order valence-corrected chi connectivity index (χ4v) is 2.75. The van der Waals surface area contributed by atoms with Gasteiger partial charge in [0, 0.05) is 6.04 Å². The molecule has 0 aromatic heterocycles. The number of carbonyl (C=O) groups excluding carboxylic acids is 1. The van der Waals surface area contributed by atoms with E-state index in [1.807, 2.05) is 0 Å². The highest BCUT2D eigenvalue weighted by Gasteiger charge is 2.29. The van der Waals surface area contributed by atoms with Crippen molar-refractivity contribution in [2.24, 2.45) is 5.92 Å². The summed E-state index contributed by atoms with van der Waals surface area (Å²) in [5, 5.41) is 10.9. The maximum absolute atomic E-state index is 11.6. The third-order valence-corrected chi connectivity index (χ3v) is 3.60.